The van der Waals surface area contributed by atoms with E-state index in [0.29, 0.717) is 0 Å². The molecule has 0 aromatic heterocycles. The van der Waals surface area contributed by atoms with Crippen molar-refractivity contribution in [3.63, 3.8) is 0 Å². The molecule has 0 radical (unpaired) electrons. The molecule has 21 heavy (non-hydrogen) atoms. The number of rotatable bonds is 4. The molecule has 0 bridgehead atoms. The Labute approximate surface area is 131 Å². The first-order chi connectivity index (χ1) is 10.4. The molecule has 0 aromatic rings. The third-order valence-electron chi connectivity index (χ3n) is 5.01. The van der Waals surface area contributed by atoms with Gasteiger partial charge in [-0.25, -0.2) is 0 Å². The van der Waals surface area contributed by atoms with E-state index in [4.69, 9.17) is 0 Å². The Balaban J connectivity index is 1.90. The van der Waals surface area contributed by atoms with Gasteiger partial charge in [0.2, 0.25) is 0 Å². The number of allylic oxidation sites excluding steroid dienone is 16. The SMILES string of the molecule is C1=CC[C]([Zr]([C]2=CC=CC2)([C]2=CC=CC2)[C]2=CC=CC2)=C1. The summed E-state index contributed by atoms with van der Waals surface area (Å²) in [5.74, 6) is 0. The quantitative estimate of drug-likeness (QED) is 0.626. The minimum absolute atomic E-state index is 1.17. The predicted molar refractivity (Wildman–Crippen MR) is 87.4 cm³/mol. The van der Waals surface area contributed by atoms with E-state index in [1.165, 1.54) is 25.7 Å². The zero-order valence-electron chi connectivity index (χ0n) is 12.3. The first-order valence-corrected chi connectivity index (χ1v) is 12.8. The van der Waals surface area contributed by atoms with Gasteiger partial charge in [-0.05, 0) is 0 Å². The van der Waals surface area contributed by atoms with Crippen LogP contribution < -0.4 is 0 Å². The summed E-state index contributed by atoms with van der Waals surface area (Å²) < 4.78 is 7.02. The van der Waals surface area contributed by atoms with Gasteiger partial charge in [-0.15, -0.1) is 0 Å². The monoisotopic (exact) mass is 350 g/mol. The zero-order valence-corrected chi connectivity index (χ0v) is 14.7. The van der Waals surface area contributed by atoms with Crippen LogP contribution in [0.3, 0.4) is 0 Å². The van der Waals surface area contributed by atoms with Crippen LogP contribution >= 0.6 is 0 Å². The Bertz CT molecular complexity index is 577. The second-order valence-corrected chi connectivity index (χ2v) is 16.0. The molecule has 0 N–H and O–H groups in total. The fraction of sp³-hybridized carbons (Fsp3) is 0.200. The molecule has 0 aromatic carbocycles. The van der Waals surface area contributed by atoms with E-state index in [-0.39, 0.29) is 0 Å². The summed E-state index contributed by atoms with van der Waals surface area (Å²) in [5.41, 5.74) is 0. The van der Waals surface area contributed by atoms with Crippen LogP contribution in [-0.2, 0) is 20.3 Å². The van der Waals surface area contributed by atoms with Crippen LogP contribution in [0.2, 0.25) is 0 Å². The standard InChI is InChI=1S/4C5H5.Zr/c4*1-2-4-5-3-1;/h4*1-3H,4H2;. The van der Waals surface area contributed by atoms with Crippen molar-refractivity contribution in [3.8, 4) is 0 Å². The second-order valence-electron chi connectivity index (χ2n) is 6.05. The molecule has 1 heteroatoms. The van der Waals surface area contributed by atoms with Gasteiger partial charge in [-0.2, -0.15) is 0 Å². The van der Waals surface area contributed by atoms with E-state index < -0.39 is 20.3 Å². The molecule has 4 rings (SSSR count). The van der Waals surface area contributed by atoms with E-state index in [9.17, 15) is 0 Å². The summed E-state index contributed by atoms with van der Waals surface area (Å²) in [4.78, 5) is 0. The van der Waals surface area contributed by atoms with Gasteiger partial charge in [0.1, 0.15) is 0 Å². The van der Waals surface area contributed by atoms with Crippen molar-refractivity contribution in [2.75, 3.05) is 0 Å². The fourth-order valence-electron chi connectivity index (χ4n) is 4.14. The van der Waals surface area contributed by atoms with Crippen molar-refractivity contribution < 1.29 is 20.3 Å². The summed E-state index contributed by atoms with van der Waals surface area (Å²) in [6, 6.07) is 0. The summed E-state index contributed by atoms with van der Waals surface area (Å²) >= 11 is -2.83. The van der Waals surface area contributed by atoms with Crippen LogP contribution in [0.5, 0.6) is 0 Å². The van der Waals surface area contributed by atoms with Crippen LogP contribution in [0, 0.1) is 0 Å². The summed E-state index contributed by atoms with van der Waals surface area (Å²) in [6.07, 6.45) is 32.9. The number of hydrogen-bond donors (Lipinski definition) is 0. The van der Waals surface area contributed by atoms with E-state index in [1.807, 2.05) is 0 Å². The Hall–Kier alpha value is -1.20. The molecule has 0 heterocycles. The fourth-order valence-corrected chi connectivity index (χ4v) is 17.8. The summed E-state index contributed by atoms with van der Waals surface area (Å²) in [5, 5.41) is 0. The van der Waals surface area contributed by atoms with E-state index in [0.717, 1.165) is 0 Å². The van der Waals surface area contributed by atoms with Gasteiger partial charge < -0.3 is 0 Å². The summed E-state index contributed by atoms with van der Waals surface area (Å²) in [6.45, 7) is 0. The maximum atomic E-state index is 2.44. The van der Waals surface area contributed by atoms with Crippen LogP contribution in [0.4, 0.5) is 0 Å². The average molecular weight is 352 g/mol. The first-order valence-electron chi connectivity index (χ1n) is 7.87. The third-order valence-corrected chi connectivity index (χ3v) is 18.1. The topological polar surface area (TPSA) is 0 Å². The second kappa shape index (κ2) is 5.54. The first kappa shape index (κ1) is 13.5. The summed E-state index contributed by atoms with van der Waals surface area (Å²) in [7, 11) is 0. The van der Waals surface area contributed by atoms with Crippen LogP contribution in [0.15, 0.2) is 86.0 Å². The van der Waals surface area contributed by atoms with Gasteiger partial charge in [0, 0.05) is 0 Å². The van der Waals surface area contributed by atoms with Gasteiger partial charge in [-0.3, -0.25) is 0 Å². The van der Waals surface area contributed by atoms with Crippen molar-refractivity contribution >= 4 is 0 Å². The Morgan fingerprint density at radius 3 is 0.952 bits per heavy atom. The molecule has 0 saturated carbocycles. The zero-order chi connectivity index (χ0) is 14.1. The molecule has 0 fully saturated rings. The van der Waals surface area contributed by atoms with E-state index in [1.54, 1.807) is 13.1 Å². The van der Waals surface area contributed by atoms with E-state index >= 15 is 0 Å². The van der Waals surface area contributed by atoms with Crippen molar-refractivity contribution in [1.82, 2.24) is 0 Å². The maximum absolute atomic E-state index is 2.83. The molecule has 0 spiro atoms. The molecule has 4 aliphatic carbocycles. The van der Waals surface area contributed by atoms with Gasteiger partial charge in [0.05, 0.1) is 0 Å². The van der Waals surface area contributed by atoms with Gasteiger partial charge in [0.25, 0.3) is 0 Å². The Morgan fingerprint density at radius 1 is 0.476 bits per heavy atom. The van der Waals surface area contributed by atoms with Crippen molar-refractivity contribution in [2.24, 2.45) is 0 Å². The van der Waals surface area contributed by atoms with Gasteiger partial charge >= 0.3 is 132 Å². The van der Waals surface area contributed by atoms with Crippen LogP contribution in [0.25, 0.3) is 0 Å². The van der Waals surface area contributed by atoms with Gasteiger partial charge in [-0.1, -0.05) is 0 Å². The average Bonchev–Trinajstić information content (AvgIpc) is 3.32. The molecule has 104 valence electrons. The Morgan fingerprint density at radius 2 is 0.762 bits per heavy atom. The molecule has 0 aliphatic heterocycles. The van der Waals surface area contributed by atoms with Gasteiger partial charge in [0.15, 0.2) is 0 Å². The molecule has 0 unspecified atom stereocenters. The van der Waals surface area contributed by atoms with Crippen LogP contribution in [0.1, 0.15) is 25.7 Å². The molecular weight excluding hydrogens is 331 g/mol. The normalized spacial score (nSPS) is 22.9. The molecule has 0 nitrogen and oxygen atoms in total. The van der Waals surface area contributed by atoms with Crippen molar-refractivity contribution in [2.45, 2.75) is 25.7 Å². The molecule has 4 aliphatic rings. The molecule has 0 amide bonds. The molecule has 0 atom stereocenters. The Kier molecular flexibility index (Phi) is 3.55. The molecule has 0 saturated heterocycles. The minimum atomic E-state index is -2.83. The van der Waals surface area contributed by atoms with Crippen molar-refractivity contribution in [1.29, 1.82) is 0 Å². The van der Waals surface area contributed by atoms with Crippen molar-refractivity contribution in [3.05, 3.63) is 86.0 Å². The predicted octanol–water partition coefficient (Wildman–Crippen LogP) is 5.52. The number of hydrogen-bond acceptors (Lipinski definition) is 0. The van der Waals surface area contributed by atoms with Crippen LogP contribution in [-0.4, -0.2) is 0 Å². The van der Waals surface area contributed by atoms with E-state index in [2.05, 4.69) is 72.9 Å². The molecular formula is C20H20Zr. The third kappa shape index (κ3) is 2.06.